The maximum Gasteiger partial charge on any atom is 0.328 e. The summed E-state index contributed by atoms with van der Waals surface area (Å²) in [4.78, 5) is 36.8. The van der Waals surface area contributed by atoms with Crippen molar-refractivity contribution in [3.63, 3.8) is 0 Å². The molecule has 0 bridgehead atoms. The van der Waals surface area contributed by atoms with Crippen molar-refractivity contribution < 1.29 is 4.79 Å². The summed E-state index contributed by atoms with van der Waals surface area (Å²) in [6.45, 7) is 3.35. The van der Waals surface area contributed by atoms with Crippen LogP contribution in [0.15, 0.2) is 40.1 Å². The first-order valence-corrected chi connectivity index (χ1v) is 6.12. The molecule has 0 saturated heterocycles. The number of amides is 1. The average Bonchev–Trinajstić information content (AvgIpc) is 2.36. The molecule has 20 heavy (non-hydrogen) atoms. The average molecular weight is 273 g/mol. The van der Waals surface area contributed by atoms with Crippen molar-refractivity contribution in [3.8, 4) is 0 Å². The van der Waals surface area contributed by atoms with Crippen molar-refractivity contribution in [2.45, 2.75) is 20.4 Å². The van der Waals surface area contributed by atoms with Crippen LogP contribution < -0.4 is 16.6 Å². The van der Waals surface area contributed by atoms with E-state index in [-0.39, 0.29) is 12.5 Å². The third-order valence-electron chi connectivity index (χ3n) is 2.80. The van der Waals surface area contributed by atoms with E-state index in [2.05, 4.69) is 10.3 Å². The number of benzene rings is 1. The van der Waals surface area contributed by atoms with Gasteiger partial charge in [0.1, 0.15) is 6.54 Å². The Morgan fingerprint density at radius 3 is 2.75 bits per heavy atom. The number of H-pyrrole nitrogens is 1. The second-order valence-electron chi connectivity index (χ2n) is 4.62. The molecule has 0 aliphatic carbocycles. The van der Waals surface area contributed by atoms with E-state index < -0.39 is 11.2 Å². The van der Waals surface area contributed by atoms with Crippen molar-refractivity contribution in [2.24, 2.45) is 0 Å². The number of rotatable bonds is 3. The minimum absolute atomic E-state index is 0.148. The Labute approximate surface area is 115 Å². The quantitative estimate of drug-likeness (QED) is 0.867. The highest BCUT2D eigenvalue weighted by Gasteiger charge is 2.07. The van der Waals surface area contributed by atoms with Crippen LogP contribution in [-0.4, -0.2) is 15.5 Å². The molecule has 6 nitrogen and oxygen atoms in total. The van der Waals surface area contributed by atoms with Gasteiger partial charge in [-0.25, -0.2) is 4.79 Å². The molecule has 1 aromatic carbocycles. The Bertz CT molecular complexity index is 759. The molecular formula is C14H15N3O3. The van der Waals surface area contributed by atoms with Gasteiger partial charge in [0.2, 0.25) is 5.91 Å². The molecule has 0 radical (unpaired) electrons. The van der Waals surface area contributed by atoms with E-state index in [9.17, 15) is 14.4 Å². The molecule has 2 rings (SSSR count). The monoisotopic (exact) mass is 273 g/mol. The summed E-state index contributed by atoms with van der Waals surface area (Å²) in [5, 5.41) is 2.70. The van der Waals surface area contributed by atoms with E-state index in [0.717, 1.165) is 5.56 Å². The summed E-state index contributed by atoms with van der Waals surface area (Å²) in [6, 6.07) is 7.36. The summed E-state index contributed by atoms with van der Waals surface area (Å²) in [7, 11) is 0. The topological polar surface area (TPSA) is 84.0 Å². The van der Waals surface area contributed by atoms with Gasteiger partial charge >= 0.3 is 5.69 Å². The number of hydrogen-bond acceptors (Lipinski definition) is 3. The van der Waals surface area contributed by atoms with Crippen LogP contribution in [0.25, 0.3) is 0 Å². The van der Waals surface area contributed by atoms with E-state index in [1.54, 1.807) is 13.0 Å². The van der Waals surface area contributed by atoms with Crippen molar-refractivity contribution in [1.29, 1.82) is 0 Å². The van der Waals surface area contributed by atoms with Crippen molar-refractivity contribution >= 4 is 11.6 Å². The zero-order chi connectivity index (χ0) is 14.7. The Hall–Kier alpha value is -2.63. The maximum absolute atomic E-state index is 11.9. The summed E-state index contributed by atoms with van der Waals surface area (Å²) in [5.41, 5.74) is 1.04. The third-order valence-corrected chi connectivity index (χ3v) is 2.80. The highest BCUT2D eigenvalue weighted by Crippen LogP contribution is 2.09. The molecule has 0 aliphatic heterocycles. The molecule has 2 N–H and O–H groups in total. The first kappa shape index (κ1) is 13.8. The molecule has 1 amide bonds. The molecule has 0 spiro atoms. The van der Waals surface area contributed by atoms with E-state index in [4.69, 9.17) is 0 Å². The predicted octanol–water partition coefficient (Wildman–Crippen LogP) is 0.792. The standard InChI is InChI=1S/C14H15N3O3/c1-9-4-3-5-11(6-9)15-12(18)8-17-7-10(2)13(19)16-14(17)20/h3-7H,8H2,1-2H3,(H,15,18)(H,16,19,20). The first-order chi connectivity index (χ1) is 9.45. The fourth-order valence-corrected chi connectivity index (χ4v) is 1.81. The number of aromatic amines is 1. The minimum atomic E-state index is -0.597. The SMILES string of the molecule is Cc1cccc(NC(=O)Cn2cc(C)c(=O)[nH]c2=O)c1. The highest BCUT2D eigenvalue weighted by molar-refractivity contribution is 5.90. The predicted molar refractivity (Wildman–Crippen MR) is 75.9 cm³/mol. The zero-order valence-electron chi connectivity index (χ0n) is 11.3. The van der Waals surface area contributed by atoms with Crippen molar-refractivity contribution in [2.75, 3.05) is 5.32 Å². The smallest absolute Gasteiger partial charge is 0.325 e. The van der Waals surface area contributed by atoms with Crippen LogP contribution in [0.1, 0.15) is 11.1 Å². The fraction of sp³-hybridized carbons (Fsp3) is 0.214. The molecule has 0 fully saturated rings. The molecule has 0 aliphatic rings. The van der Waals surface area contributed by atoms with Crippen LogP contribution in [0.2, 0.25) is 0 Å². The lowest BCUT2D eigenvalue weighted by molar-refractivity contribution is -0.116. The summed E-state index contributed by atoms with van der Waals surface area (Å²) < 4.78 is 1.17. The molecule has 0 unspecified atom stereocenters. The normalized spacial score (nSPS) is 10.3. The lowest BCUT2D eigenvalue weighted by atomic mass is 10.2. The number of carbonyl (C=O) groups is 1. The number of aryl methyl sites for hydroxylation is 2. The number of nitrogens with zero attached hydrogens (tertiary/aromatic N) is 1. The van der Waals surface area contributed by atoms with Crippen molar-refractivity contribution in [3.05, 3.63) is 62.4 Å². The molecule has 2 aromatic rings. The van der Waals surface area contributed by atoms with Gasteiger partial charge in [-0.3, -0.25) is 19.1 Å². The minimum Gasteiger partial charge on any atom is -0.325 e. The van der Waals surface area contributed by atoms with Crippen LogP contribution in [-0.2, 0) is 11.3 Å². The number of anilines is 1. The number of aromatic nitrogens is 2. The third kappa shape index (κ3) is 3.23. The molecule has 6 heteroatoms. The highest BCUT2D eigenvalue weighted by atomic mass is 16.2. The van der Waals surface area contributed by atoms with Crippen LogP contribution in [0.4, 0.5) is 5.69 Å². The Balaban J connectivity index is 2.15. The number of carbonyl (C=O) groups excluding carboxylic acids is 1. The van der Waals surface area contributed by atoms with Gasteiger partial charge in [-0.1, -0.05) is 12.1 Å². The summed E-state index contributed by atoms with van der Waals surface area (Å²) in [6.07, 6.45) is 1.37. The van der Waals surface area contributed by atoms with Gasteiger partial charge in [-0.15, -0.1) is 0 Å². The second-order valence-corrected chi connectivity index (χ2v) is 4.62. The Morgan fingerprint density at radius 1 is 1.30 bits per heavy atom. The Kier molecular flexibility index (Phi) is 3.84. The Morgan fingerprint density at radius 2 is 2.05 bits per heavy atom. The lowest BCUT2D eigenvalue weighted by Crippen LogP contribution is -2.34. The van der Waals surface area contributed by atoms with Gasteiger partial charge in [0.15, 0.2) is 0 Å². The molecule has 1 aromatic heterocycles. The van der Waals surface area contributed by atoms with Gasteiger partial charge in [0, 0.05) is 17.4 Å². The van der Waals surface area contributed by atoms with Gasteiger partial charge < -0.3 is 5.32 Å². The lowest BCUT2D eigenvalue weighted by Gasteiger charge is -2.08. The van der Waals surface area contributed by atoms with E-state index in [0.29, 0.717) is 11.3 Å². The molecule has 0 atom stereocenters. The van der Waals surface area contributed by atoms with E-state index >= 15 is 0 Å². The maximum atomic E-state index is 11.9. The molecule has 104 valence electrons. The second kappa shape index (κ2) is 5.56. The zero-order valence-corrected chi connectivity index (χ0v) is 11.3. The first-order valence-electron chi connectivity index (χ1n) is 6.12. The van der Waals surface area contributed by atoms with Gasteiger partial charge in [0.05, 0.1) is 0 Å². The van der Waals surface area contributed by atoms with Crippen molar-refractivity contribution in [1.82, 2.24) is 9.55 Å². The fourth-order valence-electron chi connectivity index (χ4n) is 1.81. The van der Waals surface area contributed by atoms with Crippen LogP contribution in [0.3, 0.4) is 0 Å². The number of nitrogens with one attached hydrogen (secondary N) is 2. The van der Waals surface area contributed by atoms with Crippen LogP contribution in [0, 0.1) is 13.8 Å². The van der Waals surface area contributed by atoms with Crippen LogP contribution >= 0.6 is 0 Å². The van der Waals surface area contributed by atoms with E-state index in [1.807, 2.05) is 25.1 Å². The van der Waals surface area contributed by atoms with E-state index in [1.165, 1.54) is 10.8 Å². The van der Waals surface area contributed by atoms with Crippen LogP contribution in [0.5, 0.6) is 0 Å². The molecule has 1 heterocycles. The number of hydrogen-bond donors (Lipinski definition) is 2. The van der Waals surface area contributed by atoms with Gasteiger partial charge in [-0.05, 0) is 31.5 Å². The largest absolute Gasteiger partial charge is 0.328 e. The molecule has 0 saturated carbocycles. The summed E-state index contributed by atoms with van der Waals surface area (Å²) in [5.74, 6) is -0.329. The summed E-state index contributed by atoms with van der Waals surface area (Å²) >= 11 is 0. The molecular weight excluding hydrogens is 258 g/mol. The van der Waals surface area contributed by atoms with Gasteiger partial charge in [0.25, 0.3) is 5.56 Å². The van der Waals surface area contributed by atoms with Gasteiger partial charge in [-0.2, -0.15) is 0 Å².